The Morgan fingerprint density at radius 2 is 2.15 bits per heavy atom. The fourth-order valence-corrected chi connectivity index (χ4v) is 3.28. The van der Waals surface area contributed by atoms with Gasteiger partial charge < -0.3 is 14.2 Å². The molecule has 1 aromatic rings. The molecule has 5 nitrogen and oxygen atoms in total. The minimum Gasteiger partial charge on any atom is -0.467 e. The Kier molecular flexibility index (Phi) is 3.51. The zero-order valence-corrected chi connectivity index (χ0v) is 11.7. The molecule has 2 aliphatic rings. The van der Waals surface area contributed by atoms with E-state index < -0.39 is 0 Å². The van der Waals surface area contributed by atoms with Crippen LogP contribution < -0.4 is 0 Å². The zero-order valence-electron chi connectivity index (χ0n) is 11.7. The molecule has 0 bridgehead atoms. The molecular formula is C15H20N2O3. The van der Waals surface area contributed by atoms with Gasteiger partial charge in [-0.25, -0.2) is 0 Å². The highest BCUT2D eigenvalue weighted by atomic mass is 16.3. The van der Waals surface area contributed by atoms with Crippen LogP contribution in [0.2, 0.25) is 0 Å². The Labute approximate surface area is 118 Å². The van der Waals surface area contributed by atoms with Gasteiger partial charge in [-0.3, -0.25) is 9.59 Å². The first kappa shape index (κ1) is 13.2. The van der Waals surface area contributed by atoms with Crippen molar-refractivity contribution in [3.8, 4) is 0 Å². The second-order valence-electron chi connectivity index (χ2n) is 5.51. The van der Waals surface area contributed by atoms with Gasteiger partial charge in [0.1, 0.15) is 17.8 Å². The van der Waals surface area contributed by atoms with Crippen LogP contribution in [0.5, 0.6) is 0 Å². The molecule has 1 aromatic heterocycles. The monoisotopic (exact) mass is 276 g/mol. The third-order valence-electron chi connectivity index (χ3n) is 4.31. The van der Waals surface area contributed by atoms with Crippen molar-refractivity contribution in [3.05, 3.63) is 24.2 Å². The van der Waals surface area contributed by atoms with Crippen molar-refractivity contribution in [2.24, 2.45) is 0 Å². The predicted molar refractivity (Wildman–Crippen MR) is 72.7 cm³/mol. The normalized spacial score (nSPS) is 26.9. The number of fused-ring (bicyclic) bond motifs is 1. The number of nitrogens with zero attached hydrogens (tertiary/aromatic N) is 2. The van der Waals surface area contributed by atoms with Crippen molar-refractivity contribution in [1.29, 1.82) is 0 Å². The van der Waals surface area contributed by atoms with Crippen molar-refractivity contribution in [2.75, 3.05) is 6.54 Å². The Balaban J connectivity index is 1.86. The van der Waals surface area contributed by atoms with E-state index in [1.807, 2.05) is 13.0 Å². The number of furan rings is 1. The zero-order chi connectivity index (χ0) is 14.1. The summed E-state index contributed by atoms with van der Waals surface area (Å²) >= 11 is 0. The van der Waals surface area contributed by atoms with Gasteiger partial charge in [-0.15, -0.1) is 0 Å². The molecule has 20 heavy (non-hydrogen) atoms. The van der Waals surface area contributed by atoms with Crippen LogP contribution in [-0.2, 0) is 16.1 Å². The lowest BCUT2D eigenvalue weighted by atomic mass is 9.94. The lowest BCUT2D eigenvalue weighted by molar-refractivity contribution is -0.164. The van der Waals surface area contributed by atoms with Crippen LogP contribution in [0.25, 0.3) is 0 Å². The number of carbonyl (C=O) groups is 2. The molecule has 2 fully saturated rings. The highest BCUT2D eigenvalue weighted by Gasteiger charge is 2.45. The van der Waals surface area contributed by atoms with E-state index in [4.69, 9.17) is 4.42 Å². The second-order valence-corrected chi connectivity index (χ2v) is 5.51. The number of hydrogen-bond donors (Lipinski definition) is 0. The van der Waals surface area contributed by atoms with Gasteiger partial charge in [-0.1, -0.05) is 6.92 Å². The largest absolute Gasteiger partial charge is 0.467 e. The summed E-state index contributed by atoms with van der Waals surface area (Å²) in [7, 11) is 0. The van der Waals surface area contributed by atoms with Gasteiger partial charge in [-0.2, -0.15) is 0 Å². The quantitative estimate of drug-likeness (QED) is 0.845. The summed E-state index contributed by atoms with van der Waals surface area (Å²) in [4.78, 5) is 28.8. The van der Waals surface area contributed by atoms with E-state index in [0.717, 1.165) is 31.6 Å². The lowest BCUT2D eigenvalue weighted by Crippen LogP contribution is -2.65. The SMILES string of the molecule is CCC1C(=O)N2CCCCC2C(=O)N1Cc1ccco1. The van der Waals surface area contributed by atoms with Gasteiger partial charge >= 0.3 is 0 Å². The third kappa shape index (κ3) is 2.11. The average molecular weight is 276 g/mol. The van der Waals surface area contributed by atoms with Crippen molar-refractivity contribution in [1.82, 2.24) is 9.80 Å². The first-order chi connectivity index (χ1) is 9.72. The molecule has 0 N–H and O–H groups in total. The molecular weight excluding hydrogens is 256 g/mol. The molecule has 0 radical (unpaired) electrons. The molecule has 2 amide bonds. The molecule has 5 heteroatoms. The maximum atomic E-state index is 12.7. The summed E-state index contributed by atoms with van der Waals surface area (Å²) in [6.45, 7) is 3.07. The predicted octanol–water partition coefficient (Wildman–Crippen LogP) is 1.78. The van der Waals surface area contributed by atoms with Crippen LogP contribution in [0, 0.1) is 0 Å². The third-order valence-corrected chi connectivity index (χ3v) is 4.31. The maximum absolute atomic E-state index is 12.7. The average Bonchev–Trinajstić information content (AvgIpc) is 2.98. The van der Waals surface area contributed by atoms with Gasteiger partial charge in [0.2, 0.25) is 11.8 Å². The molecule has 0 saturated carbocycles. The highest BCUT2D eigenvalue weighted by molar-refractivity contribution is 5.97. The standard InChI is InChI=1S/C15H20N2O3/c1-2-12-14(18)16-8-4-3-7-13(16)15(19)17(12)10-11-6-5-9-20-11/h5-6,9,12-13H,2-4,7-8,10H2,1H3. The first-order valence-electron chi connectivity index (χ1n) is 7.35. The molecule has 3 heterocycles. The molecule has 0 aliphatic carbocycles. The van der Waals surface area contributed by atoms with Crippen LogP contribution in [0.15, 0.2) is 22.8 Å². The Morgan fingerprint density at radius 1 is 1.30 bits per heavy atom. The molecule has 2 aliphatic heterocycles. The first-order valence-corrected chi connectivity index (χ1v) is 7.35. The van der Waals surface area contributed by atoms with Gasteiger partial charge in [0.25, 0.3) is 0 Å². The molecule has 108 valence electrons. The number of hydrogen-bond acceptors (Lipinski definition) is 3. The summed E-state index contributed by atoms with van der Waals surface area (Å²) in [5.74, 6) is 0.907. The topological polar surface area (TPSA) is 53.8 Å². The summed E-state index contributed by atoms with van der Waals surface area (Å²) < 4.78 is 5.33. The Morgan fingerprint density at radius 3 is 2.85 bits per heavy atom. The minimum absolute atomic E-state index is 0.0764. The summed E-state index contributed by atoms with van der Waals surface area (Å²) in [5, 5.41) is 0. The molecule has 0 aromatic carbocycles. The van der Waals surface area contributed by atoms with Crippen molar-refractivity contribution in [2.45, 2.75) is 51.2 Å². The Hall–Kier alpha value is -1.78. The molecule has 0 spiro atoms. The van der Waals surface area contributed by atoms with Gasteiger partial charge in [0, 0.05) is 6.54 Å². The van der Waals surface area contributed by atoms with Gasteiger partial charge in [-0.05, 0) is 37.8 Å². The second kappa shape index (κ2) is 5.31. The van der Waals surface area contributed by atoms with E-state index in [2.05, 4.69) is 0 Å². The van der Waals surface area contributed by atoms with Crippen LogP contribution in [0.4, 0.5) is 0 Å². The fourth-order valence-electron chi connectivity index (χ4n) is 3.28. The minimum atomic E-state index is -0.345. The summed E-state index contributed by atoms with van der Waals surface area (Å²) in [6, 6.07) is 3.05. The van der Waals surface area contributed by atoms with Crippen molar-refractivity contribution >= 4 is 11.8 Å². The number of rotatable bonds is 3. The Bertz CT molecular complexity index is 497. The number of carbonyl (C=O) groups excluding carboxylic acids is 2. The van der Waals surface area contributed by atoms with E-state index in [9.17, 15) is 9.59 Å². The molecule has 2 saturated heterocycles. The van der Waals surface area contributed by atoms with Crippen LogP contribution in [-0.4, -0.2) is 40.2 Å². The molecule has 3 rings (SSSR count). The number of piperazine rings is 1. The summed E-state index contributed by atoms with van der Waals surface area (Å²) in [5.41, 5.74) is 0. The lowest BCUT2D eigenvalue weighted by Gasteiger charge is -2.46. The molecule has 2 unspecified atom stereocenters. The van der Waals surface area contributed by atoms with E-state index in [1.54, 1.807) is 22.1 Å². The fraction of sp³-hybridized carbons (Fsp3) is 0.600. The van der Waals surface area contributed by atoms with Crippen molar-refractivity contribution in [3.63, 3.8) is 0 Å². The van der Waals surface area contributed by atoms with Crippen LogP contribution in [0.3, 0.4) is 0 Å². The van der Waals surface area contributed by atoms with E-state index in [0.29, 0.717) is 13.0 Å². The van der Waals surface area contributed by atoms with Gasteiger partial charge in [0.15, 0.2) is 0 Å². The van der Waals surface area contributed by atoms with Gasteiger partial charge in [0.05, 0.1) is 12.8 Å². The number of amides is 2. The maximum Gasteiger partial charge on any atom is 0.246 e. The smallest absolute Gasteiger partial charge is 0.246 e. The van der Waals surface area contributed by atoms with E-state index >= 15 is 0 Å². The highest BCUT2D eigenvalue weighted by Crippen LogP contribution is 2.28. The molecule has 2 atom stereocenters. The van der Waals surface area contributed by atoms with E-state index in [-0.39, 0.29) is 23.9 Å². The summed E-state index contributed by atoms with van der Waals surface area (Å²) in [6.07, 6.45) is 5.05. The van der Waals surface area contributed by atoms with Crippen LogP contribution in [0.1, 0.15) is 38.4 Å². The van der Waals surface area contributed by atoms with Crippen molar-refractivity contribution < 1.29 is 14.0 Å². The van der Waals surface area contributed by atoms with E-state index in [1.165, 1.54) is 0 Å². The van der Waals surface area contributed by atoms with Crippen LogP contribution >= 0.6 is 0 Å². The number of piperidine rings is 1.